The summed E-state index contributed by atoms with van der Waals surface area (Å²) in [6.07, 6.45) is 2.39. The van der Waals surface area contributed by atoms with Gasteiger partial charge in [-0.05, 0) is 62.6 Å². The number of para-hydroxylation sites is 1. The summed E-state index contributed by atoms with van der Waals surface area (Å²) in [6.45, 7) is 5.38. The van der Waals surface area contributed by atoms with Crippen molar-refractivity contribution in [2.45, 2.75) is 32.7 Å². The first kappa shape index (κ1) is 23.1. The van der Waals surface area contributed by atoms with Crippen LogP contribution >= 0.6 is 0 Å². The van der Waals surface area contributed by atoms with Gasteiger partial charge in [0.25, 0.3) is 0 Å². The van der Waals surface area contributed by atoms with Crippen LogP contribution in [0, 0.1) is 5.41 Å². The number of carbonyl (C=O) groups is 1. The Hall–Kier alpha value is -2.57. The van der Waals surface area contributed by atoms with Gasteiger partial charge in [0.2, 0.25) is 0 Å². The zero-order chi connectivity index (χ0) is 21.9. The minimum absolute atomic E-state index is 0.000538. The largest absolute Gasteiger partial charge is 0.494 e. The van der Waals surface area contributed by atoms with Crippen molar-refractivity contribution in [2.24, 2.45) is 5.41 Å². The normalized spacial score (nSPS) is 19.0. The maximum Gasteiger partial charge on any atom is 0.313 e. The van der Waals surface area contributed by atoms with Crippen molar-refractivity contribution in [3.05, 3.63) is 60.2 Å². The molecule has 1 unspecified atom stereocenters. The number of aliphatic hydroxyl groups excluding tert-OH is 1. The minimum Gasteiger partial charge on any atom is -0.494 e. The van der Waals surface area contributed by atoms with E-state index in [0.29, 0.717) is 32.8 Å². The van der Waals surface area contributed by atoms with Crippen molar-refractivity contribution in [1.82, 2.24) is 4.90 Å². The second-order valence-electron chi connectivity index (χ2n) is 7.94. The van der Waals surface area contributed by atoms with Crippen LogP contribution in [0.25, 0.3) is 0 Å². The number of rotatable bonds is 11. The first-order valence-electron chi connectivity index (χ1n) is 11.1. The Bertz CT molecular complexity index is 795. The number of hydrogen-bond acceptors (Lipinski definition) is 6. The molecule has 1 saturated heterocycles. The average molecular weight is 428 g/mol. The van der Waals surface area contributed by atoms with Crippen molar-refractivity contribution in [2.75, 3.05) is 39.5 Å². The molecule has 168 valence electrons. The van der Waals surface area contributed by atoms with E-state index in [4.69, 9.17) is 19.3 Å². The number of likely N-dealkylation sites (tertiary alicyclic amines) is 1. The van der Waals surface area contributed by atoms with Crippen molar-refractivity contribution < 1.29 is 24.1 Å². The third-order valence-electron chi connectivity index (χ3n) is 5.65. The highest BCUT2D eigenvalue weighted by molar-refractivity contribution is 5.77. The average Bonchev–Trinajstić information content (AvgIpc) is 2.80. The number of aliphatic hydroxyl groups is 1. The summed E-state index contributed by atoms with van der Waals surface area (Å²) in [5.74, 6) is 1.44. The maximum absolute atomic E-state index is 13.0. The van der Waals surface area contributed by atoms with Gasteiger partial charge in [-0.25, -0.2) is 0 Å². The van der Waals surface area contributed by atoms with E-state index in [1.165, 1.54) is 0 Å². The standard InChI is InChI=1S/C25H33NO5/c1-2-29-24(28)25(14-17-30-22-7-4-3-5-8-22)13-6-15-26(20-25)19-21-9-11-23(12-10-21)31-18-16-27/h3-5,7-12,27H,2,6,13-20H2,1H3. The molecule has 0 amide bonds. The quantitative estimate of drug-likeness (QED) is 0.552. The number of benzene rings is 2. The van der Waals surface area contributed by atoms with Gasteiger partial charge >= 0.3 is 5.97 Å². The molecule has 2 aromatic carbocycles. The molecule has 31 heavy (non-hydrogen) atoms. The van der Waals surface area contributed by atoms with Crippen LogP contribution in [0.1, 0.15) is 31.7 Å². The molecule has 0 aliphatic carbocycles. The summed E-state index contributed by atoms with van der Waals surface area (Å²) >= 11 is 0. The van der Waals surface area contributed by atoms with Gasteiger partial charge in [-0.15, -0.1) is 0 Å². The smallest absolute Gasteiger partial charge is 0.313 e. The minimum atomic E-state index is -0.548. The monoisotopic (exact) mass is 427 g/mol. The Labute approximate surface area is 184 Å². The molecule has 0 spiro atoms. The Morgan fingerprint density at radius 1 is 1.03 bits per heavy atom. The molecule has 1 N–H and O–H groups in total. The highest BCUT2D eigenvalue weighted by Gasteiger charge is 2.43. The van der Waals surface area contributed by atoms with Gasteiger partial charge < -0.3 is 19.3 Å². The van der Waals surface area contributed by atoms with Crippen molar-refractivity contribution >= 4 is 5.97 Å². The second kappa shape index (κ2) is 11.7. The van der Waals surface area contributed by atoms with Gasteiger partial charge in [0.1, 0.15) is 18.1 Å². The van der Waals surface area contributed by atoms with Crippen LogP contribution in [0.3, 0.4) is 0 Å². The SMILES string of the molecule is CCOC(=O)C1(CCOc2ccccc2)CCCN(Cc2ccc(OCCO)cc2)C1. The van der Waals surface area contributed by atoms with Crippen LogP contribution < -0.4 is 9.47 Å². The van der Waals surface area contributed by atoms with Crippen LogP contribution in [-0.2, 0) is 16.1 Å². The van der Waals surface area contributed by atoms with Crippen molar-refractivity contribution in [3.8, 4) is 11.5 Å². The molecule has 3 rings (SSSR count). The van der Waals surface area contributed by atoms with Crippen LogP contribution in [0.15, 0.2) is 54.6 Å². The first-order chi connectivity index (χ1) is 15.1. The Morgan fingerprint density at radius 2 is 1.74 bits per heavy atom. The van der Waals surface area contributed by atoms with E-state index in [1.807, 2.05) is 61.5 Å². The number of piperidine rings is 1. The molecular weight excluding hydrogens is 394 g/mol. The fraction of sp³-hybridized carbons (Fsp3) is 0.480. The fourth-order valence-corrected chi connectivity index (χ4v) is 4.11. The van der Waals surface area contributed by atoms with Crippen LogP contribution in [0.2, 0.25) is 0 Å². The van der Waals surface area contributed by atoms with E-state index in [2.05, 4.69) is 4.90 Å². The van der Waals surface area contributed by atoms with E-state index in [0.717, 1.165) is 43.0 Å². The second-order valence-corrected chi connectivity index (χ2v) is 7.94. The topological polar surface area (TPSA) is 68.2 Å². The third-order valence-corrected chi connectivity index (χ3v) is 5.65. The molecule has 1 aliphatic rings. The van der Waals surface area contributed by atoms with E-state index in [-0.39, 0.29) is 12.6 Å². The zero-order valence-corrected chi connectivity index (χ0v) is 18.3. The Balaban J connectivity index is 1.63. The maximum atomic E-state index is 13.0. The van der Waals surface area contributed by atoms with Crippen molar-refractivity contribution in [1.29, 1.82) is 0 Å². The predicted molar refractivity (Wildman–Crippen MR) is 119 cm³/mol. The summed E-state index contributed by atoms with van der Waals surface area (Å²) < 4.78 is 16.8. The van der Waals surface area contributed by atoms with E-state index in [1.54, 1.807) is 0 Å². The van der Waals surface area contributed by atoms with Crippen molar-refractivity contribution in [3.63, 3.8) is 0 Å². The van der Waals surface area contributed by atoms with Gasteiger partial charge in [0.05, 0.1) is 25.2 Å². The molecule has 1 heterocycles. The van der Waals surface area contributed by atoms with Gasteiger partial charge in [0, 0.05) is 13.1 Å². The molecule has 1 fully saturated rings. The predicted octanol–water partition coefficient (Wildman–Crippen LogP) is 3.67. The van der Waals surface area contributed by atoms with E-state index >= 15 is 0 Å². The molecule has 0 bridgehead atoms. The highest BCUT2D eigenvalue weighted by atomic mass is 16.5. The molecule has 6 nitrogen and oxygen atoms in total. The molecule has 0 radical (unpaired) electrons. The number of hydrogen-bond donors (Lipinski definition) is 1. The molecule has 6 heteroatoms. The third kappa shape index (κ3) is 6.71. The summed E-state index contributed by atoms with van der Waals surface area (Å²) in [6, 6.07) is 17.6. The van der Waals surface area contributed by atoms with Crippen LogP contribution in [0.4, 0.5) is 0 Å². The molecule has 2 aromatic rings. The fourth-order valence-electron chi connectivity index (χ4n) is 4.11. The van der Waals surface area contributed by atoms with Gasteiger partial charge in [-0.2, -0.15) is 0 Å². The van der Waals surface area contributed by atoms with Gasteiger partial charge in [0.15, 0.2) is 0 Å². The summed E-state index contributed by atoms with van der Waals surface area (Å²) in [4.78, 5) is 15.3. The molecule has 0 saturated carbocycles. The highest BCUT2D eigenvalue weighted by Crippen LogP contribution is 2.36. The van der Waals surface area contributed by atoms with E-state index < -0.39 is 5.41 Å². The van der Waals surface area contributed by atoms with Gasteiger partial charge in [-0.3, -0.25) is 9.69 Å². The van der Waals surface area contributed by atoms with Crippen LogP contribution in [0.5, 0.6) is 11.5 Å². The number of esters is 1. The summed E-state index contributed by atoms with van der Waals surface area (Å²) in [5.41, 5.74) is 0.615. The lowest BCUT2D eigenvalue weighted by atomic mass is 9.77. The summed E-state index contributed by atoms with van der Waals surface area (Å²) in [7, 11) is 0. The Morgan fingerprint density at radius 3 is 2.45 bits per heavy atom. The molecule has 0 aromatic heterocycles. The van der Waals surface area contributed by atoms with E-state index in [9.17, 15) is 4.79 Å². The molecule has 1 atom stereocenters. The number of carbonyl (C=O) groups excluding carboxylic acids is 1. The lowest BCUT2D eigenvalue weighted by molar-refractivity contribution is -0.160. The van der Waals surface area contributed by atoms with Gasteiger partial charge in [-0.1, -0.05) is 30.3 Å². The molecular formula is C25H33NO5. The Kier molecular flexibility index (Phi) is 8.74. The number of nitrogens with zero attached hydrogens (tertiary/aromatic N) is 1. The first-order valence-corrected chi connectivity index (χ1v) is 11.1. The lowest BCUT2D eigenvalue weighted by Gasteiger charge is -2.41. The zero-order valence-electron chi connectivity index (χ0n) is 18.3. The molecule has 1 aliphatic heterocycles. The summed E-state index contributed by atoms with van der Waals surface area (Å²) in [5, 5.41) is 8.88. The van der Waals surface area contributed by atoms with Crippen LogP contribution in [-0.4, -0.2) is 55.5 Å². The number of ether oxygens (including phenoxy) is 3. The lowest BCUT2D eigenvalue weighted by Crippen LogP contribution is -2.49.